The molecule has 0 radical (unpaired) electrons. The lowest BCUT2D eigenvalue weighted by Crippen LogP contribution is -2.45. The minimum atomic E-state index is -4.20. The average Bonchev–Trinajstić information content (AvgIpc) is 1.67. The Morgan fingerprint density at radius 3 is 1.08 bits per heavy atom. The standard InChI is InChI=1S/C31H41F3N4O2.C31H44N4O2.C31H41N3O4.C27H34FN3O3/c1-7-38(23-10-8-22(9-11-23)36(5)18-31(32,33)34)30-21(4)25(16-27-26(30)17-35-37(27)6)28(39)13-12-24-20(3)14-19(2)15-29(24)40;1-9-35(24-12-10-23(11-13-24)33(6)7)31-21(4)26(18-27-30(31)22(5)32-34(27)8)28(36)15-14-25-20(3)16-19(2)17-29(25)37;1-5-33(24-9-12-37-13-10-24)31-22(4)26(29(35)7-6-25-21(3)14-20(2)15-30(25)36)16-28-27(31)17-32-34(28)18-23-8-11-38-19-23;1-6-31(19-9-11-34-12-10-19)26-18(4)21(15-22-25(26)27(28)29-30(22)5)23(32)8-7-20-17(3)13-16(2)14-24(20)33/h14,16-17,22-23H,7-13,15,18H2,1-6H3;16,18,23-24H,9-15,17H2,1-8H3;14,16-17,23-24H,5-13,15,18-19H2,1-4H3;13,15,19H,6-12,14H2,1-5H3. The van der Waals surface area contributed by atoms with Gasteiger partial charge in [0.25, 0.3) is 0 Å². The minimum absolute atomic E-state index is 0.00485. The SMILES string of the molecule is CCN(c1c(C)c(C(=O)CCC2=C(C)C=C(C)CC2=O)cc2c1c(C)nn2C)C1CCC(N(C)C)CC1.CCN(c1c(C)c(C(=O)CCC2=C(C)C=C(C)CC2=O)cc2c1c(F)nn2C)C1CCOCC1.CCN(c1c(C)c(C(=O)CCC2=C(C)C=C(C)CC2=O)cc2c1cnn2C)C1CCC(N(C)CC(F)(F)F)CC1.CCN(c1c(C)c(C(=O)CCC2=C(C)C=C(C)CC2=O)cc2c1cnn2CC1CCOC1)C1CCOCC1. The monoisotopic (exact) mass is 2050 g/mol. The van der Waals surface area contributed by atoms with Crippen LogP contribution in [0, 0.1) is 46.5 Å². The molecule has 25 nitrogen and oxygen atoms in total. The maximum absolute atomic E-state index is 15.0. The third-order valence-corrected chi connectivity index (χ3v) is 33.0. The van der Waals surface area contributed by atoms with Gasteiger partial charge >= 0.3 is 6.18 Å². The fourth-order valence-corrected chi connectivity index (χ4v) is 25.2. The summed E-state index contributed by atoms with van der Waals surface area (Å²) in [6, 6.07) is 9.50. The molecule has 0 amide bonds. The van der Waals surface area contributed by atoms with Crippen molar-refractivity contribution in [2.45, 2.75) is 327 Å². The van der Waals surface area contributed by atoms with Crippen molar-refractivity contribution in [1.29, 1.82) is 0 Å². The number of carbonyl (C=O) groups excluding carboxylic acids is 8. The van der Waals surface area contributed by atoms with Crippen LogP contribution in [0.4, 0.5) is 40.3 Å². The number of anilines is 4. The summed E-state index contributed by atoms with van der Waals surface area (Å²) in [4.78, 5) is 118. The van der Waals surface area contributed by atoms with Gasteiger partial charge in [0.1, 0.15) is 0 Å². The molecule has 29 heteroatoms. The van der Waals surface area contributed by atoms with Crippen LogP contribution in [0.2, 0.25) is 0 Å². The number of ether oxygens (including phenoxy) is 3. The van der Waals surface area contributed by atoms with Gasteiger partial charge in [0.15, 0.2) is 46.3 Å². The molecule has 0 N–H and O–H groups in total. The predicted octanol–water partition coefficient (Wildman–Crippen LogP) is 23.6. The van der Waals surface area contributed by atoms with Gasteiger partial charge in [-0.05, 0) is 339 Å². The predicted molar refractivity (Wildman–Crippen MR) is 587 cm³/mol. The van der Waals surface area contributed by atoms with Crippen molar-refractivity contribution in [2.75, 3.05) is 113 Å². The molecule has 3 saturated heterocycles. The molecule has 3 aliphatic heterocycles. The molecule has 9 aliphatic rings. The zero-order valence-corrected chi connectivity index (χ0v) is 92.7. The van der Waals surface area contributed by atoms with Crippen LogP contribution in [0.3, 0.4) is 0 Å². The first-order valence-electron chi connectivity index (χ1n) is 54.5. The number of hydrogen-bond acceptors (Lipinski definition) is 21. The maximum atomic E-state index is 15.0. The van der Waals surface area contributed by atoms with Gasteiger partial charge in [0, 0.05) is 219 Å². The van der Waals surface area contributed by atoms with E-state index in [1.807, 2.05) is 131 Å². The van der Waals surface area contributed by atoms with E-state index in [4.69, 9.17) is 24.4 Å². The number of benzene rings is 4. The molecular formula is C120H160F4N14O11. The quantitative estimate of drug-likeness (QED) is 0.0273. The molecule has 804 valence electrons. The molecule has 0 spiro atoms. The number of ketones is 8. The number of fused-ring (bicyclic) bond motifs is 4. The first-order chi connectivity index (χ1) is 70.9. The van der Waals surface area contributed by atoms with Gasteiger partial charge in [-0.1, -0.05) is 46.6 Å². The number of hydrogen-bond donors (Lipinski definition) is 0. The summed E-state index contributed by atoms with van der Waals surface area (Å²) in [5.41, 5.74) is 26.2. The summed E-state index contributed by atoms with van der Waals surface area (Å²) in [5, 5.41) is 21.8. The lowest BCUT2D eigenvalue weighted by atomic mass is 9.87. The molecular weight excluding hydrogens is 1890 g/mol. The van der Waals surface area contributed by atoms with Gasteiger partial charge in [-0.3, -0.25) is 62.0 Å². The molecule has 2 saturated carbocycles. The molecule has 0 bridgehead atoms. The van der Waals surface area contributed by atoms with Crippen molar-refractivity contribution in [3.63, 3.8) is 0 Å². The number of allylic oxidation sites excluding steroid dienone is 16. The van der Waals surface area contributed by atoms with Crippen LogP contribution in [0.25, 0.3) is 43.6 Å². The van der Waals surface area contributed by atoms with Crippen molar-refractivity contribution >= 4 is 113 Å². The Kier molecular flexibility index (Phi) is 37.6. The summed E-state index contributed by atoms with van der Waals surface area (Å²) in [6.07, 6.45) is 24.9. The molecule has 8 aromatic rings. The van der Waals surface area contributed by atoms with E-state index in [0.29, 0.717) is 149 Å². The lowest BCUT2D eigenvalue weighted by molar-refractivity contribution is -0.148. The molecule has 17 rings (SSSR count). The maximum Gasteiger partial charge on any atom is 0.401 e. The molecule has 6 aliphatic carbocycles. The molecule has 4 aromatic heterocycles. The Balaban J connectivity index is 0.000000157. The van der Waals surface area contributed by atoms with Gasteiger partial charge in [-0.2, -0.15) is 32.9 Å². The number of alkyl halides is 3. The third-order valence-electron chi connectivity index (χ3n) is 33.0. The lowest BCUT2D eigenvalue weighted by Gasteiger charge is -2.41. The summed E-state index contributed by atoms with van der Waals surface area (Å²) in [6.45, 7) is 41.9. The Bertz CT molecular complexity index is 6680. The van der Waals surface area contributed by atoms with Crippen molar-refractivity contribution in [1.82, 2.24) is 48.9 Å². The van der Waals surface area contributed by atoms with Crippen LogP contribution in [0.15, 0.2) is 128 Å². The van der Waals surface area contributed by atoms with Crippen LogP contribution in [0.1, 0.15) is 313 Å². The topological polar surface area (TPSA) is 255 Å². The zero-order valence-electron chi connectivity index (χ0n) is 92.7. The normalized spacial score (nSPS) is 19.9. The molecule has 1 atom stereocenters. The number of halogens is 4. The summed E-state index contributed by atoms with van der Waals surface area (Å²) in [5.74, 6) is 0.569. The van der Waals surface area contributed by atoms with Crippen LogP contribution < -0.4 is 19.6 Å². The van der Waals surface area contributed by atoms with E-state index in [0.717, 1.165) is 260 Å². The van der Waals surface area contributed by atoms with Gasteiger partial charge in [0.2, 0.25) is 5.95 Å². The van der Waals surface area contributed by atoms with Crippen molar-refractivity contribution in [3.8, 4) is 0 Å². The van der Waals surface area contributed by atoms with Crippen LogP contribution in [-0.2, 0) is 61.1 Å². The van der Waals surface area contributed by atoms with E-state index in [2.05, 4.69) is 114 Å². The molecule has 149 heavy (non-hydrogen) atoms. The van der Waals surface area contributed by atoms with Crippen LogP contribution in [-0.4, -0.2) is 231 Å². The van der Waals surface area contributed by atoms with Crippen molar-refractivity contribution in [3.05, 3.63) is 184 Å². The highest BCUT2D eigenvalue weighted by atomic mass is 19.4. The fraction of sp³-hybridized carbons (Fsp3) is 0.567. The van der Waals surface area contributed by atoms with Gasteiger partial charge in [-0.25, -0.2) is 0 Å². The first-order valence-corrected chi connectivity index (χ1v) is 54.5. The highest BCUT2D eigenvalue weighted by Gasteiger charge is 2.40. The number of aryl methyl sites for hydroxylation is 4. The van der Waals surface area contributed by atoms with Crippen molar-refractivity contribution in [2.24, 2.45) is 27.1 Å². The Morgan fingerprint density at radius 2 is 0.711 bits per heavy atom. The van der Waals surface area contributed by atoms with Crippen molar-refractivity contribution < 1.29 is 70.1 Å². The molecule has 4 aromatic carbocycles. The van der Waals surface area contributed by atoms with E-state index in [1.165, 1.54) is 28.1 Å². The van der Waals surface area contributed by atoms with E-state index in [-0.39, 0.29) is 77.2 Å². The largest absolute Gasteiger partial charge is 0.401 e. The van der Waals surface area contributed by atoms with Crippen LogP contribution >= 0.6 is 0 Å². The van der Waals surface area contributed by atoms with E-state index in [1.54, 1.807) is 24.8 Å². The fourth-order valence-electron chi connectivity index (χ4n) is 25.2. The Hall–Kier alpha value is -11.2. The number of aromatic nitrogens is 8. The van der Waals surface area contributed by atoms with E-state index in [9.17, 15) is 51.5 Å². The van der Waals surface area contributed by atoms with E-state index >= 15 is 4.39 Å². The summed E-state index contributed by atoms with van der Waals surface area (Å²) >= 11 is 0. The van der Waals surface area contributed by atoms with Gasteiger partial charge < -0.3 is 38.7 Å². The Morgan fingerprint density at radius 1 is 0.389 bits per heavy atom. The Labute approximate surface area is 878 Å². The second-order valence-corrected chi connectivity index (χ2v) is 43.6. The molecule has 7 heterocycles. The third kappa shape index (κ3) is 25.7. The van der Waals surface area contributed by atoms with Gasteiger partial charge in [0.05, 0.1) is 81.4 Å². The average molecular weight is 2050 g/mol. The highest BCUT2D eigenvalue weighted by Crippen LogP contribution is 2.46. The molecule has 5 fully saturated rings. The number of carbonyl (C=O) groups is 8. The number of nitrogens with zero attached hydrogens (tertiary/aromatic N) is 14. The van der Waals surface area contributed by atoms with E-state index < -0.39 is 18.7 Å². The smallest absolute Gasteiger partial charge is 0.381 e. The number of Topliss-reactive ketones (excluding diaryl/α,β-unsaturated/α-hetero) is 8. The second kappa shape index (κ2) is 49.5. The summed E-state index contributed by atoms with van der Waals surface area (Å²) in [7, 11) is 11.4. The minimum Gasteiger partial charge on any atom is -0.381 e. The first kappa shape index (κ1) is 113. The van der Waals surface area contributed by atoms with Gasteiger partial charge in [-0.15, -0.1) is 5.10 Å². The summed E-state index contributed by atoms with van der Waals surface area (Å²) < 4.78 is 78.0. The van der Waals surface area contributed by atoms with Crippen LogP contribution in [0.5, 0.6) is 0 Å². The zero-order chi connectivity index (χ0) is 108. The second-order valence-electron chi connectivity index (χ2n) is 43.6. The number of rotatable bonds is 33. The molecule has 1 unspecified atom stereocenters. The highest BCUT2D eigenvalue weighted by molar-refractivity contribution is 6.12.